The zero-order valence-electron chi connectivity index (χ0n) is 14.7. The van der Waals surface area contributed by atoms with Gasteiger partial charge in [0, 0.05) is 6.54 Å². The Balaban J connectivity index is 1.48. The molecule has 5 nitrogen and oxygen atoms in total. The molecule has 0 bridgehead atoms. The molecule has 0 heterocycles. The Hall–Kier alpha value is -2.69. The number of nitrogens with one attached hydrogen (secondary N) is 1. The maximum absolute atomic E-state index is 5.99. The summed E-state index contributed by atoms with van der Waals surface area (Å²) >= 11 is 0. The summed E-state index contributed by atoms with van der Waals surface area (Å²) in [4.78, 5) is 4.41. The Bertz CT molecular complexity index is 731. The van der Waals surface area contributed by atoms with Crippen LogP contribution in [0.4, 0.5) is 0 Å². The highest BCUT2D eigenvalue weighted by Crippen LogP contribution is 2.46. The van der Waals surface area contributed by atoms with E-state index in [9.17, 15) is 0 Å². The summed E-state index contributed by atoms with van der Waals surface area (Å²) in [5.74, 6) is 3.17. The molecule has 1 aliphatic rings. The average Bonchev–Trinajstić information content (AvgIpc) is 3.45. The van der Waals surface area contributed by atoms with Crippen molar-refractivity contribution in [2.24, 2.45) is 16.6 Å². The van der Waals surface area contributed by atoms with Gasteiger partial charge >= 0.3 is 0 Å². The molecule has 1 saturated carbocycles. The Labute approximate surface area is 148 Å². The number of hydrogen-bond acceptors (Lipinski definition) is 3. The van der Waals surface area contributed by atoms with Crippen molar-refractivity contribution in [2.45, 2.75) is 18.9 Å². The summed E-state index contributed by atoms with van der Waals surface area (Å²) in [6.07, 6.45) is 1.21. The highest BCUT2D eigenvalue weighted by atomic mass is 16.5. The molecule has 0 saturated heterocycles. The van der Waals surface area contributed by atoms with Crippen molar-refractivity contribution in [3.8, 4) is 11.5 Å². The minimum Gasteiger partial charge on any atom is -0.493 e. The van der Waals surface area contributed by atoms with Gasteiger partial charge in [-0.3, -0.25) is 0 Å². The van der Waals surface area contributed by atoms with Crippen LogP contribution in [0.3, 0.4) is 0 Å². The van der Waals surface area contributed by atoms with E-state index in [1.54, 1.807) is 14.2 Å². The van der Waals surface area contributed by atoms with E-state index in [-0.39, 0.29) is 0 Å². The molecule has 25 heavy (non-hydrogen) atoms. The van der Waals surface area contributed by atoms with Crippen LogP contribution >= 0.6 is 0 Å². The number of benzene rings is 2. The number of guanidine groups is 1. The number of nitrogens with zero attached hydrogens (tertiary/aromatic N) is 1. The lowest BCUT2D eigenvalue weighted by molar-refractivity contribution is 0.354. The van der Waals surface area contributed by atoms with Gasteiger partial charge < -0.3 is 20.5 Å². The normalized spacial score (nSPS) is 19.4. The van der Waals surface area contributed by atoms with E-state index in [2.05, 4.69) is 40.6 Å². The second-order valence-electron chi connectivity index (χ2n) is 6.28. The van der Waals surface area contributed by atoms with Crippen LogP contribution in [0.15, 0.2) is 53.5 Å². The molecule has 3 N–H and O–H groups in total. The van der Waals surface area contributed by atoms with Gasteiger partial charge in [0.2, 0.25) is 0 Å². The fourth-order valence-electron chi connectivity index (χ4n) is 3.03. The van der Waals surface area contributed by atoms with Gasteiger partial charge in [-0.1, -0.05) is 36.4 Å². The molecule has 1 aliphatic carbocycles. The lowest BCUT2D eigenvalue weighted by Crippen LogP contribution is -2.33. The maximum atomic E-state index is 5.99. The first-order valence-electron chi connectivity index (χ1n) is 8.51. The van der Waals surface area contributed by atoms with E-state index in [0.717, 1.165) is 12.1 Å². The predicted octanol–water partition coefficient (Wildman–Crippen LogP) is 2.91. The first-order valence-corrected chi connectivity index (χ1v) is 8.51. The van der Waals surface area contributed by atoms with E-state index in [0.29, 0.717) is 35.8 Å². The van der Waals surface area contributed by atoms with Crippen molar-refractivity contribution in [1.82, 2.24) is 5.32 Å². The predicted molar refractivity (Wildman–Crippen MR) is 100 cm³/mol. The third-order valence-corrected chi connectivity index (χ3v) is 4.58. The SMILES string of the molecule is COc1ccc(CN=C(N)NCC2CC2c2ccccc2)cc1OC. The van der Waals surface area contributed by atoms with E-state index < -0.39 is 0 Å². The molecule has 0 spiro atoms. The van der Waals surface area contributed by atoms with Crippen molar-refractivity contribution >= 4 is 5.96 Å². The zero-order chi connectivity index (χ0) is 17.6. The van der Waals surface area contributed by atoms with Crippen LogP contribution in [0.1, 0.15) is 23.5 Å². The number of nitrogens with two attached hydrogens (primary N) is 1. The Kier molecular flexibility index (Phi) is 5.43. The van der Waals surface area contributed by atoms with Crippen LogP contribution in [0.25, 0.3) is 0 Å². The van der Waals surface area contributed by atoms with Gasteiger partial charge in [-0.05, 0) is 41.5 Å². The second kappa shape index (κ2) is 7.92. The molecule has 1 fully saturated rings. The molecule has 2 aromatic rings. The third-order valence-electron chi connectivity index (χ3n) is 4.58. The van der Waals surface area contributed by atoms with Crippen molar-refractivity contribution in [2.75, 3.05) is 20.8 Å². The monoisotopic (exact) mass is 339 g/mol. The Morgan fingerprint density at radius 3 is 2.60 bits per heavy atom. The topological polar surface area (TPSA) is 68.9 Å². The van der Waals surface area contributed by atoms with Gasteiger partial charge in [0.05, 0.1) is 20.8 Å². The molecule has 2 atom stereocenters. The van der Waals surface area contributed by atoms with Crippen molar-refractivity contribution in [3.05, 3.63) is 59.7 Å². The molecular weight excluding hydrogens is 314 g/mol. The highest BCUT2D eigenvalue weighted by Gasteiger charge is 2.37. The number of ether oxygens (including phenoxy) is 2. The number of hydrogen-bond donors (Lipinski definition) is 2. The van der Waals surface area contributed by atoms with Gasteiger partial charge in [0.15, 0.2) is 17.5 Å². The molecule has 0 aromatic heterocycles. The Morgan fingerprint density at radius 2 is 1.88 bits per heavy atom. The van der Waals surface area contributed by atoms with Crippen LogP contribution in [0.5, 0.6) is 11.5 Å². The number of rotatable bonds is 7. The fraction of sp³-hybridized carbons (Fsp3) is 0.350. The van der Waals surface area contributed by atoms with Crippen LogP contribution in [0, 0.1) is 5.92 Å². The second-order valence-corrected chi connectivity index (χ2v) is 6.28. The molecule has 2 unspecified atom stereocenters. The summed E-state index contributed by atoms with van der Waals surface area (Å²) in [7, 11) is 3.25. The van der Waals surface area contributed by atoms with Gasteiger partial charge in [0.1, 0.15) is 0 Å². The van der Waals surface area contributed by atoms with Crippen molar-refractivity contribution in [3.63, 3.8) is 0 Å². The maximum Gasteiger partial charge on any atom is 0.188 e. The average molecular weight is 339 g/mol. The molecular formula is C20H25N3O2. The summed E-state index contributed by atoms with van der Waals surface area (Å²) in [5, 5.41) is 3.24. The van der Waals surface area contributed by atoms with E-state index in [1.807, 2.05) is 18.2 Å². The smallest absolute Gasteiger partial charge is 0.188 e. The molecule has 2 aromatic carbocycles. The van der Waals surface area contributed by atoms with Gasteiger partial charge in [0.25, 0.3) is 0 Å². The minimum atomic E-state index is 0.480. The summed E-state index contributed by atoms with van der Waals surface area (Å²) in [6, 6.07) is 16.4. The number of aliphatic imine (C=N–C) groups is 1. The summed E-state index contributed by atoms with van der Waals surface area (Å²) in [5.41, 5.74) is 8.43. The minimum absolute atomic E-state index is 0.480. The molecule has 132 valence electrons. The number of methoxy groups -OCH3 is 2. The van der Waals surface area contributed by atoms with Gasteiger partial charge in [-0.15, -0.1) is 0 Å². The lowest BCUT2D eigenvalue weighted by atomic mass is 10.1. The van der Waals surface area contributed by atoms with E-state index in [1.165, 1.54) is 12.0 Å². The third kappa shape index (κ3) is 4.44. The highest BCUT2D eigenvalue weighted by molar-refractivity contribution is 5.77. The standard InChI is InChI=1S/C20H25N3O2/c1-24-18-9-8-14(10-19(18)25-2)12-22-20(21)23-13-16-11-17(16)15-6-4-3-5-7-15/h3-10,16-17H,11-13H2,1-2H3,(H3,21,22,23). The summed E-state index contributed by atoms with van der Waals surface area (Å²) in [6.45, 7) is 1.37. The lowest BCUT2D eigenvalue weighted by Gasteiger charge is -2.09. The molecule has 3 rings (SSSR count). The molecule has 0 amide bonds. The van der Waals surface area contributed by atoms with Gasteiger partial charge in [-0.2, -0.15) is 0 Å². The van der Waals surface area contributed by atoms with Crippen LogP contribution in [-0.4, -0.2) is 26.7 Å². The van der Waals surface area contributed by atoms with Crippen LogP contribution < -0.4 is 20.5 Å². The Morgan fingerprint density at radius 1 is 1.12 bits per heavy atom. The zero-order valence-corrected chi connectivity index (χ0v) is 14.7. The molecule has 5 heteroatoms. The van der Waals surface area contributed by atoms with Gasteiger partial charge in [-0.25, -0.2) is 4.99 Å². The molecule has 0 radical (unpaired) electrons. The quantitative estimate of drug-likeness (QED) is 0.601. The van der Waals surface area contributed by atoms with Crippen LogP contribution in [-0.2, 0) is 6.54 Å². The van der Waals surface area contributed by atoms with Crippen LogP contribution in [0.2, 0.25) is 0 Å². The first-order chi connectivity index (χ1) is 12.2. The van der Waals surface area contributed by atoms with Crippen molar-refractivity contribution in [1.29, 1.82) is 0 Å². The van der Waals surface area contributed by atoms with Crippen molar-refractivity contribution < 1.29 is 9.47 Å². The fourth-order valence-corrected chi connectivity index (χ4v) is 3.03. The summed E-state index contributed by atoms with van der Waals surface area (Å²) < 4.78 is 10.5. The van der Waals surface area contributed by atoms with E-state index in [4.69, 9.17) is 15.2 Å². The van der Waals surface area contributed by atoms with E-state index >= 15 is 0 Å². The first kappa shape index (κ1) is 17.1. The largest absolute Gasteiger partial charge is 0.493 e. The molecule has 0 aliphatic heterocycles.